The second kappa shape index (κ2) is 6.71. The third-order valence-electron chi connectivity index (χ3n) is 2.77. The molecule has 2 rings (SSSR count). The normalized spacial score (nSPS) is 12.0. The van der Waals surface area contributed by atoms with E-state index in [4.69, 9.17) is 0 Å². The number of ether oxygens (including phenoxy) is 1. The van der Waals surface area contributed by atoms with E-state index in [0.29, 0.717) is 5.13 Å². The fraction of sp³-hybridized carbons (Fsp3) is 0.143. The summed E-state index contributed by atoms with van der Waals surface area (Å²) in [6.45, 7) is 1.84. The van der Waals surface area contributed by atoms with Gasteiger partial charge < -0.3 is 10.1 Å². The van der Waals surface area contributed by atoms with E-state index >= 15 is 0 Å². The molecule has 6 nitrogen and oxygen atoms in total. The van der Waals surface area contributed by atoms with E-state index in [9.17, 15) is 13.2 Å². The zero-order valence-corrected chi connectivity index (χ0v) is 13.6. The Morgan fingerprint density at radius 3 is 2.55 bits per heavy atom. The highest BCUT2D eigenvalue weighted by molar-refractivity contribution is 7.96. The van der Waals surface area contributed by atoms with E-state index in [1.807, 2.05) is 6.92 Å². The fourth-order valence-corrected chi connectivity index (χ4v) is 3.38. The SMILES string of the molecule is COC(=O)/C(=C\Nc1nccs1)S(=O)(=O)c1ccc(C)cc1. The van der Waals surface area contributed by atoms with E-state index in [2.05, 4.69) is 15.0 Å². The Kier molecular flexibility index (Phi) is 4.94. The van der Waals surface area contributed by atoms with Crippen LogP contribution >= 0.6 is 11.3 Å². The topological polar surface area (TPSA) is 85.4 Å². The number of carbonyl (C=O) groups is 1. The lowest BCUT2D eigenvalue weighted by molar-refractivity contribution is -0.135. The highest BCUT2D eigenvalue weighted by Crippen LogP contribution is 2.21. The number of thiazole rings is 1. The van der Waals surface area contributed by atoms with Gasteiger partial charge in [0.15, 0.2) is 10.0 Å². The van der Waals surface area contributed by atoms with Crippen molar-refractivity contribution in [2.24, 2.45) is 0 Å². The maximum atomic E-state index is 12.6. The Labute approximate surface area is 132 Å². The number of hydrogen-bond acceptors (Lipinski definition) is 7. The largest absolute Gasteiger partial charge is 0.465 e. The number of methoxy groups -OCH3 is 1. The molecule has 1 aromatic heterocycles. The molecule has 0 saturated heterocycles. The van der Waals surface area contributed by atoms with Crippen LogP contribution in [0.5, 0.6) is 0 Å². The first-order valence-corrected chi connectivity index (χ1v) is 8.57. The zero-order valence-electron chi connectivity index (χ0n) is 11.9. The van der Waals surface area contributed by atoms with Gasteiger partial charge in [-0.2, -0.15) is 0 Å². The van der Waals surface area contributed by atoms with E-state index < -0.39 is 20.7 Å². The molecular formula is C14H14N2O4S2. The zero-order chi connectivity index (χ0) is 16.2. The van der Waals surface area contributed by atoms with Gasteiger partial charge in [-0.15, -0.1) is 11.3 Å². The maximum absolute atomic E-state index is 12.6. The van der Waals surface area contributed by atoms with Crippen LogP contribution in [0.1, 0.15) is 5.56 Å². The number of aromatic nitrogens is 1. The summed E-state index contributed by atoms with van der Waals surface area (Å²) in [5.74, 6) is -0.940. The predicted octanol–water partition coefficient (Wildman–Crippen LogP) is 2.35. The number of esters is 1. The molecule has 116 valence electrons. The summed E-state index contributed by atoms with van der Waals surface area (Å²) in [5, 5.41) is 4.89. The van der Waals surface area contributed by atoms with Gasteiger partial charge >= 0.3 is 5.97 Å². The van der Waals surface area contributed by atoms with Crippen molar-refractivity contribution >= 4 is 32.3 Å². The Bertz CT molecular complexity index is 779. The molecule has 1 aromatic carbocycles. The monoisotopic (exact) mass is 338 g/mol. The summed E-state index contributed by atoms with van der Waals surface area (Å²) >= 11 is 1.28. The van der Waals surface area contributed by atoms with Gasteiger partial charge in [-0.25, -0.2) is 18.2 Å². The van der Waals surface area contributed by atoms with E-state index in [1.165, 1.54) is 23.5 Å². The molecule has 0 spiro atoms. The van der Waals surface area contributed by atoms with Gasteiger partial charge in [0.1, 0.15) is 0 Å². The molecule has 0 fully saturated rings. The van der Waals surface area contributed by atoms with Crippen LogP contribution < -0.4 is 5.32 Å². The van der Waals surface area contributed by atoms with Crippen molar-refractivity contribution in [3.63, 3.8) is 0 Å². The third-order valence-corrected chi connectivity index (χ3v) is 5.23. The summed E-state index contributed by atoms with van der Waals surface area (Å²) in [6, 6.07) is 6.22. The minimum absolute atomic E-state index is 0.0238. The summed E-state index contributed by atoms with van der Waals surface area (Å²) in [4.78, 5) is 15.3. The van der Waals surface area contributed by atoms with Gasteiger partial charge in [0, 0.05) is 17.8 Å². The summed E-state index contributed by atoms with van der Waals surface area (Å²) in [6.07, 6.45) is 2.66. The predicted molar refractivity (Wildman–Crippen MR) is 84.2 cm³/mol. The molecule has 0 aliphatic carbocycles. The summed E-state index contributed by atoms with van der Waals surface area (Å²) in [7, 11) is -2.85. The highest BCUT2D eigenvalue weighted by Gasteiger charge is 2.28. The van der Waals surface area contributed by atoms with Crippen molar-refractivity contribution in [3.8, 4) is 0 Å². The van der Waals surface area contributed by atoms with E-state index in [-0.39, 0.29) is 4.90 Å². The second-order valence-corrected chi connectivity index (χ2v) is 7.11. The van der Waals surface area contributed by atoms with Crippen LogP contribution in [-0.2, 0) is 19.4 Å². The van der Waals surface area contributed by atoms with Crippen LogP contribution in [0.4, 0.5) is 5.13 Å². The van der Waals surface area contributed by atoms with Gasteiger partial charge in [0.25, 0.3) is 0 Å². The van der Waals surface area contributed by atoms with Crippen molar-refractivity contribution in [2.75, 3.05) is 12.4 Å². The summed E-state index contributed by atoms with van der Waals surface area (Å²) < 4.78 is 29.7. The van der Waals surface area contributed by atoms with Gasteiger partial charge in [-0.05, 0) is 19.1 Å². The molecule has 1 N–H and O–H groups in total. The van der Waals surface area contributed by atoms with Crippen LogP contribution in [-0.4, -0.2) is 26.5 Å². The molecular weight excluding hydrogens is 324 g/mol. The van der Waals surface area contributed by atoms with Crippen molar-refractivity contribution < 1.29 is 17.9 Å². The molecule has 0 bridgehead atoms. The van der Waals surface area contributed by atoms with Crippen LogP contribution in [0, 0.1) is 6.92 Å². The number of anilines is 1. The average molecular weight is 338 g/mol. The number of aryl methyl sites for hydroxylation is 1. The van der Waals surface area contributed by atoms with Gasteiger partial charge in [0.05, 0.1) is 12.0 Å². The van der Waals surface area contributed by atoms with Crippen molar-refractivity contribution in [2.45, 2.75) is 11.8 Å². The minimum atomic E-state index is -3.98. The molecule has 0 unspecified atom stereocenters. The minimum Gasteiger partial charge on any atom is -0.465 e. The molecule has 1 heterocycles. The Morgan fingerprint density at radius 1 is 1.32 bits per heavy atom. The third kappa shape index (κ3) is 3.52. The Morgan fingerprint density at radius 2 is 2.00 bits per heavy atom. The number of rotatable bonds is 5. The first-order chi connectivity index (χ1) is 10.4. The molecule has 0 radical (unpaired) electrons. The fourth-order valence-electron chi connectivity index (χ4n) is 1.61. The number of sulfone groups is 1. The highest BCUT2D eigenvalue weighted by atomic mass is 32.2. The van der Waals surface area contributed by atoms with Crippen molar-refractivity contribution in [1.29, 1.82) is 0 Å². The van der Waals surface area contributed by atoms with Crippen LogP contribution in [0.15, 0.2) is 51.8 Å². The van der Waals surface area contributed by atoms with Crippen molar-refractivity contribution in [3.05, 3.63) is 52.5 Å². The van der Waals surface area contributed by atoms with Gasteiger partial charge in [-0.3, -0.25) is 0 Å². The maximum Gasteiger partial charge on any atom is 0.351 e. The lowest BCUT2D eigenvalue weighted by Gasteiger charge is -2.08. The van der Waals surface area contributed by atoms with Crippen LogP contribution in [0.25, 0.3) is 0 Å². The number of nitrogens with one attached hydrogen (secondary N) is 1. The standard InChI is InChI=1S/C14H14N2O4S2/c1-10-3-5-11(6-4-10)22(18,19)12(13(17)20-2)9-16-14-15-7-8-21-14/h3-9H,1-2H3,(H,15,16)/b12-9+. The van der Waals surface area contributed by atoms with Crippen LogP contribution in [0.3, 0.4) is 0 Å². The molecule has 0 aliphatic rings. The lowest BCUT2D eigenvalue weighted by Crippen LogP contribution is -2.17. The number of hydrogen-bond donors (Lipinski definition) is 1. The quantitative estimate of drug-likeness (QED) is 0.665. The molecule has 22 heavy (non-hydrogen) atoms. The Hall–Kier alpha value is -2.19. The molecule has 0 aliphatic heterocycles. The van der Waals surface area contributed by atoms with Gasteiger partial charge in [0.2, 0.25) is 9.84 Å². The Balaban J connectivity index is 2.41. The average Bonchev–Trinajstić information content (AvgIpc) is 3.00. The second-order valence-electron chi connectivity index (χ2n) is 4.30. The van der Waals surface area contributed by atoms with Gasteiger partial charge in [-0.1, -0.05) is 17.7 Å². The number of benzene rings is 1. The summed E-state index contributed by atoms with van der Waals surface area (Å²) in [5.41, 5.74) is 0.920. The van der Waals surface area contributed by atoms with Crippen LogP contribution in [0.2, 0.25) is 0 Å². The van der Waals surface area contributed by atoms with Crippen molar-refractivity contribution in [1.82, 2.24) is 4.98 Å². The smallest absolute Gasteiger partial charge is 0.351 e. The molecule has 2 aromatic rings. The number of nitrogens with zero attached hydrogens (tertiary/aromatic N) is 1. The van der Waals surface area contributed by atoms with E-state index in [0.717, 1.165) is 18.9 Å². The first kappa shape index (κ1) is 16.2. The van der Waals surface area contributed by atoms with E-state index in [1.54, 1.807) is 23.7 Å². The number of carbonyl (C=O) groups excluding carboxylic acids is 1. The molecule has 8 heteroatoms. The molecule has 0 saturated carbocycles. The lowest BCUT2D eigenvalue weighted by atomic mass is 10.2. The first-order valence-electron chi connectivity index (χ1n) is 6.21. The molecule has 0 amide bonds. The molecule has 0 atom stereocenters.